The molecule has 4 heterocycles. The summed E-state index contributed by atoms with van der Waals surface area (Å²) in [6.07, 6.45) is 12.5. The summed E-state index contributed by atoms with van der Waals surface area (Å²) in [5.41, 5.74) is 2.38. The number of thiazole rings is 1. The van der Waals surface area contributed by atoms with Crippen LogP contribution in [0.2, 0.25) is 0 Å². The van der Waals surface area contributed by atoms with Crippen molar-refractivity contribution in [3.63, 3.8) is 0 Å². The Hall–Kier alpha value is -3.14. The van der Waals surface area contributed by atoms with Crippen molar-refractivity contribution in [3.8, 4) is 5.75 Å². The number of esters is 1. The molecule has 0 radical (unpaired) electrons. The van der Waals surface area contributed by atoms with Crippen molar-refractivity contribution in [1.29, 1.82) is 0 Å². The van der Waals surface area contributed by atoms with Crippen molar-refractivity contribution < 1.29 is 28.7 Å². The molecule has 41 heavy (non-hydrogen) atoms. The van der Waals surface area contributed by atoms with Crippen LogP contribution in [0.1, 0.15) is 115 Å². The molecule has 216 valence electrons. The minimum absolute atomic E-state index is 0.0296. The normalized spacial score (nSPS) is 30.6. The number of carbonyl (C=O) groups excluding carboxylic acids is 1. The summed E-state index contributed by atoms with van der Waals surface area (Å²) in [4.78, 5) is 32.9. The van der Waals surface area contributed by atoms with Crippen LogP contribution in [0.5, 0.6) is 5.75 Å². The highest BCUT2D eigenvalue weighted by Gasteiger charge is 2.49. The maximum atomic E-state index is 13.9. The van der Waals surface area contributed by atoms with Crippen LogP contribution in [-0.2, 0) is 10.2 Å². The lowest BCUT2D eigenvalue weighted by molar-refractivity contribution is 0.0195. The Morgan fingerprint density at radius 3 is 2.39 bits per heavy atom. The van der Waals surface area contributed by atoms with Crippen LogP contribution >= 0.6 is 11.3 Å². The van der Waals surface area contributed by atoms with Crippen LogP contribution in [0.15, 0.2) is 16.7 Å². The van der Waals surface area contributed by atoms with Gasteiger partial charge >= 0.3 is 11.9 Å². The molecule has 10 heteroatoms. The van der Waals surface area contributed by atoms with Gasteiger partial charge in [-0.05, 0) is 76.2 Å². The van der Waals surface area contributed by atoms with Crippen LogP contribution in [0.3, 0.4) is 0 Å². The lowest BCUT2D eigenvalue weighted by atomic mass is 9.59. The molecule has 2 aromatic heterocycles. The van der Waals surface area contributed by atoms with Gasteiger partial charge in [0.05, 0.1) is 17.3 Å². The van der Waals surface area contributed by atoms with E-state index < -0.39 is 5.97 Å². The Labute approximate surface area is 242 Å². The average Bonchev–Trinajstić information content (AvgIpc) is 3.48. The minimum Gasteiger partial charge on any atom is -0.496 e. The molecule has 2 atom stereocenters. The molecule has 1 N–H and O–H groups in total. The molecule has 0 spiro atoms. The molecule has 2 unspecified atom stereocenters. The molecule has 9 rings (SSSR count). The molecule has 4 bridgehead atoms. The van der Waals surface area contributed by atoms with E-state index in [0.29, 0.717) is 17.2 Å². The third-order valence-electron chi connectivity index (χ3n) is 10.6. The van der Waals surface area contributed by atoms with Gasteiger partial charge in [0.1, 0.15) is 28.7 Å². The molecule has 3 aromatic rings. The Bertz CT molecular complexity index is 1510. The van der Waals surface area contributed by atoms with Crippen molar-refractivity contribution in [2.24, 2.45) is 5.92 Å². The highest BCUT2D eigenvalue weighted by Crippen LogP contribution is 2.54. The molecule has 4 saturated carbocycles. The summed E-state index contributed by atoms with van der Waals surface area (Å²) in [5.74, 6) is 0.953. The predicted molar refractivity (Wildman–Crippen MR) is 152 cm³/mol. The van der Waals surface area contributed by atoms with Gasteiger partial charge in [-0.15, -0.1) is 0 Å². The van der Waals surface area contributed by atoms with E-state index in [1.807, 2.05) is 0 Å². The number of methoxy groups -OCH3 is 1. The third kappa shape index (κ3) is 4.15. The zero-order chi connectivity index (χ0) is 27.9. The van der Waals surface area contributed by atoms with Crippen molar-refractivity contribution in [1.82, 2.24) is 10.1 Å². The minimum atomic E-state index is -1.02. The van der Waals surface area contributed by atoms with Gasteiger partial charge in [-0.2, -0.15) is 0 Å². The van der Waals surface area contributed by atoms with Gasteiger partial charge in [0.15, 0.2) is 10.9 Å². The largest absolute Gasteiger partial charge is 0.496 e. The first-order valence-electron chi connectivity index (χ1n) is 15.1. The van der Waals surface area contributed by atoms with Crippen LogP contribution in [-0.4, -0.2) is 52.5 Å². The number of aromatic nitrogens is 2. The zero-order valence-corrected chi connectivity index (χ0v) is 24.1. The number of rotatable bonds is 7. The van der Waals surface area contributed by atoms with E-state index in [-0.39, 0.29) is 35.1 Å². The van der Waals surface area contributed by atoms with Gasteiger partial charge < -0.3 is 24.0 Å². The summed E-state index contributed by atoms with van der Waals surface area (Å²) in [6, 6.07) is 3.82. The number of ether oxygens (including phenoxy) is 2. The summed E-state index contributed by atoms with van der Waals surface area (Å²) in [5, 5.41) is 15.1. The van der Waals surface area contributed by atoms with Gasteiger partial charge in [0.25, 0.3) is 0 Å². The van der Waals surface area contributed by atoms with Crippen molar-refractivity contribution >= 4 is 38.6 Å². The quantitative estimate of drug-likeness (QED) is 0.316. The molecule has 1 aromatic carbocycles. The number of hydrogen-bond acceptors (Lipinski definition) is 9. The van der Waals surface area contributed by atoms with E-state index in [4.69, 9.17) is 19.0 Å². The van der Waals surface area contributed by atoms with Crippen molar-refractivity contribution in [3.05, 3.63) is 34.7 Å². The van der Waals surface area contributed by atoms with Gasteiger partial charge in [0.2, 0.25) is 0 Å². The Balaban J connectivity index is 1.03. The van der Waals surface area contributed by atoms with E-state index in [1.54, 1.807) is 12.1 Å². The van der Waals surface area contributed by atoms with Crippen LogP contribution in [0, 0.1) is 5.92 Å². The number of carboxylic acid groups (broad SMARTS) is 1. The highest BCUT2D eigenvalue weighted by molar-refractivity contribution is 7.22. The van der Waals surface area contributed by atoms with Gasteiger partial charge in [-0.3, -0.25) is 0 Å². The van der Waals surface area contributed by atoms with Gasteiger partial charge in [-0.25, -0.2) is 14.6 Å². The summed E-state index contributed by atoms with van der Waals surface area (Å²) >= 11 is 1.52. The Kier molecular flexibility index (Phi) is 5.89. The second kappa shape index (κ2) is 9.44. The van der Waals surface area contributed by atoms with E-state index >= 15 is 0 Å². The number of hydrogen-bond donors (Lipinski definition) is 1. The highest BCUT2D eigenvalue weighted by atomic mass is 32.1. The second-order valence-electron chi connectivity index (χ2n) is 12.9. The number of nitrogens with zero attached hydrogens (tertiary/aromatic N) is 3. The molecule has 6 aliphatic rings. The number of anilines is 1. The molecule has 6 fully saturated rings. The van der Waals surface area contributed by atoms with Crippen LogP contribution in [0.4, 0.5) is 5.13 Å². The fourth-order valence-electron chi connectivity index (χ4n) is 8.23. The summed E-state index contributed by atoms with van der Waals surface area (Å²) in [6.45, 7) is 0. The maximum Gasteiger partial charge on any atom is 0.344 e. The molecule has 2 saturated heterocycles. The molecule has 4 aliphatic carbocycles. The van der Waals surface area contributed by atoms with E-state index in [2.05, 4.69) is 10.1 Å². The lowest BCUT2D eigenvalue weighted by Gasteiger charge is -2.45. The lowest BCUT2D eigenvalue weighted by Crippen LogP contribution is -2.46. The first kappa shape index (κ1) is 25.6. The van der Waals surface area contributed by atoms with Crippen molar-refractivity contribution in [2.75, 3.05) is 12.0 Å². The van der Waals surface area contributed by atoms with Gasteiger partial charge in [-0.1, -0.05) is 16.5 Å². The number of piperidine rings is 1. The fourth-order valence-corrected chi connectivity index (χ4v) is 9.36. The topological polar surface area (TPSA) is 115 Å². The SMILES string of the molecule is COc1cc2nc(N3C4CCC3CC(OC(=O)c3c(C56CCC(CC5)CC6)noc3C3CC3)C4)sc2cc1C(=O)O. The van der Waals surface area contributed by atoms with Crippen LogP contribution in [0.25, 0.3) is 10.2 Å². The van der Waals surface area contributed by atoms with E-state index in [1.165, 1.54) is 37.7 Å². The zero-order valence-electron chi connectivity index (χ0n) is 23.3. The monoisotopic (exact) mass is 577 g/mol. The predicted octanol–water partition coefficient (Wildman–Crippen LogP) is 6.45. The van der Waals surface area contributed by atoms with Crippen molar-refractivity contribution in [2.45, 2.75) is 107 Å². The molecule has 9 nitrogen and oxygen atoms in total. The van der Waals surface area contributed by atoms with Crippen LogP contribution < -0.4 is 9.64 Å². The first-order chi connectivity index (χ1) is 19.9. The smallest absolute Gasteiger partial charge is 0.344 e. The maximum absolute atomic E-state index is 13.9. The number of carbonyl (C=O) groups is 2. The molecule has 2 aliphatic heterocycles. The average molecular weight is 578 g/mol. The summed E-state index contributed by atoms with van der Waals surface area (Å²) in [7, 11) is 1.47. The van der Waals surface area contributed by atoms with Gasteiger partial charge in [0, 0.05) is 42.3 Å². The van der Waals surface area contributed by atoms with E-state index in [0.717, 1.165) is 90.5 Å². The number of aromatic carboxylic acids is 1. The number of benzene rings is 1. The standard InChI is InChI=1S/C31H35N3O6S/c1-38-23-15-22-24(14-21(23)28(35)36)41-30(32-22)34-18-4-5-19(34)13-20(12-18)39-29(37)25-26(17-2-3-17)40-33-27(25)31-9-6-16(7-10-31)8-11-31/h14-20H,2-13H2,1H3,(H,35,36). The molecule has 0 amide bonds. The third-order valence-corrected chi connectivity index (χ3v) is 11.6. The summed E-state index contributed by atoms with van der Waals surface area (Å²) < 4.78 is 18.4. The number of carboxylic acids is 1. The fraction of sp³-hybridized carbons (Fsp3) is 0.613. The Morgan fingerprint density at radius 1 is 1.05 bits per heavy atom. The molecular formula is C31H35N3O6S. The van der Waals surface area contributed by atoms with E-state index in [9.17, 15) is 14.7 Å². The molecular weight excluding hydrogens is 542 g/mol. The Morgan fingerprint density at radius 2 is 1.76 bits per heavy atom. The second-order valence-corrected chi connectivity index (χ2v) is 13.9. The number of fused-ring (bicyclic) bond motifs is 6. The first-order valence-corrected chi connectivity index (χ1v) is 16.0.